The van der Waals surface area contributed by atoms with Crippen LogP contribution in [0.5, 0.6) is 0 Å². The fourth-order valence-corrected chi connectivity index (χ4v) is 5.24. The quantitative estimate of drug-likeness (QED) is 0.842. The summed E-state index contributed by atoms with van der Waals surface area (Å²) in [7, 11) is 0. The fourth-order valence-electron chi connectivity index (χ4n) is 5.24. The number of carboxylic acids is 2. The zero-order valence-corrected chi connectivity index (χ0v) is 15.2. The van der Waals surface area contributed by atoms with Crippen LogP contribution in [0.25, 0.3) is 11.1 Å². The first-order chi connectivity index (χ1) is 12.8. The highest BCUT2D eigenvalue weighted by atomic mass is 16.4. The summed E-state index contributed by atoms with van der Waals surface area (Å²) in [6, 6.07) is 19.4. The minimum Gasteiger partial charge on any atom is -0.478 e. The number of allylic oxidation sites excluding steroid dienone is 2. The Bertz CT molecular complexity index is 935. The van der Waals surface area contributed by atoms with Crippen LogP contribution in [0.15, 0.2) is 71.8 Å². The van der Waals surface area contributed by atoms with Gasteiger partial charge in [0.25, 0.3) is 0 Å². The third-order valence-electron chi connectivity index (χ3n) is 5.97. The number of carboxylic acid groups (broad SMARTS) is 2. The van der Waals surface area contributed by atoms with Crippen LogP contribution >= 0.6 is 0 Å². The summed E-state index contributed by atoms with van der Waals surface area (Å²) in [6.45, 7) is 3.73. The SMILES string of the molecule is CC12CC(C)(C(C(=O)O)=C1C(=O)O)C(c1ccccc1)=C2c1ccccc1. The van der Waals surface area contributed by atoms with Gasteiger partial charge in [-0.15, -0.1) is 0 Å². The highest BCUT2D eigenvalue weighted by Crippen LogP contribution is 2.71. The van der Waals surface area contributed by atoms with Gasteiger partial charge in [-0.2, -0.15) is 0 Å². The van der Waals surface area contributed by atoms with E-state index in [9.17, 15) is 19.8 Å². The topological polar surface area (TPSA) is 74.6 Å². The normalized spacial score (nSPS) is 26.6. The third kappa shape index (κ3) is 2.23. The lowest BCUT2D eigenvalue weighted by Crippen LogP contribution is -2.27. The van der Waals surface area contributed by atoms with Gasteiger partial charge in [-0.25, -0.2) is 9.59 Å². The van der Waals surface area contributed by atoms with Crippen molar-refractivity contribution >= 4 is 23.1 Å². The zero-order chi connectivity index (χ0) is 19.4. The first kappa shape index (κ1) is 17.3. The molecule has 2 aromatic carbocycles. The minimum absolute atomic E-state index is 0.0102. The molecule has 0 fully saturated rings. The number of rotatable bonds is 4. The fraction of sp³-hybridized carbons (Fsp3) is 0.217. The van der Waals surface area contributed by atoms with Gasteiger partial charge in [0.1, 0.15) is 0 Å². The van der Waals surface area contributed by atoms with Crippen molar-refractivity contribution in [2.75, 3.05) is 0 Å². The number of fused-ring (bicyclic) bond motifs is 2. The van der Waals surface area contributed by atoms with Gasteiger partial charge in [0.2, 0.25) is 0 Å². The molecule has 2 N–H and O–H groups in total. The van der Waals surface area contributed by atoms with E-state index in [1.165, 1.54) is 0 Å². The molecule has 2 aliphatic carbocycles. The Hall–Kier alpha value is -3.14. The van der Waals surface area contributed by atoms with Gasteiger partial charge in [-0.3, -0.25) is 0 Å². The van der Waals surface area contributed by atoms with E-state index in [4.69, 9.17) is 0 Å². The van der Waals surface area contributed by atoms with Crippen LogP contribution in [0.4, 0.5) is 0 Å². The second-order valence-electron chi connectivity index (χ2n) is 7.68. The maximum Gasteiger partial charge on any atom is 0.333 e. The Labute approximate surface area is 157 Å². The molecule has 4 rings (SSSR count). The number of hydrogen-bond acceptors (Lipinski definition) is 2. The van der Waals surface area contributed by atoms with E-state index >= 15 is 0 Å². The second-order valence-corrected chi connectivity index (χ2v) is 7.68. The summed E-state index contributed by atoms with van der Waals surface area (Å²) >= 11 is 0. The van der Waals surface area contributed by atoms with Crippen LogP contribution in [-0.2, 0) is 9.59 Å². The van der Waals surface area contributed by atoms with Crippen molar-refractivity contribution < 1.29 is 19.8 Å². The maximum absolute atomic E-state index is 12.1. The lowest BCUT2D eigenvalue weighted by Gasteiger charge is -2.32. The van der Waals surface area contributed by atoms with Crippen molar-refractivity contribution in [1.82, 2.24) is 0 Å². The Morgan fingerprint density at radius 3 is 1.33 bits per heavy atom. The van der Waals surface area contributed by atoms with Crippen LogP contribution < -0.4 is 0 Å². The summed E-state index contributed by atoms with van der Waals surface area (Å²) in [6.07, 6.45) is 0.442. The minimum atomic E-state index is -1.15. The smallest absolute Gasteiger partial charge is 0.333 e. The first-order valence-corrected chi connectivity index (χ1v) is 8.88. The van der Waals surface area contributed by atoms with Crippen LogP contribution in [0, 0.1) is 10.8 Å². The van der Waals surface area contributed by atoms with E-state index in [0.29, 0.717) is 6.42 Å². The van der Waals surface area contributed by atoms with Crippen molar-refractivity contribution in [3.8, 4) is 0 Å². The van der Waals surface area contributed by atoms with Crippen molar-refractivity contribution in [2.45, 2.75) is 20.3 Å². The molecule has 4 nitrogen and oxygen atoms in total. The van der Waals surface area contributed by atoms with E-state index in [2.05, 4.69) is 0 Å². The Balaban J connectivity index is 2.11. The van der Waals surface area contributed by atoms with Crippen LogP contribution in [0.3, 0.4) is 0 Å². The number of carbonyl (C=O) groups is 2. The molecule has 0 amide bonds. The largest absolute Gasteiger partial charge is 0.478 e. The van der Waals surface area contributed by atoms with Crippen LogP contribution in [-0.4, -0.2) is 22.2 Å². The molecule has 0 saturated heterocycles. The van der Waals surface area contributed by atoms with E-state index in [0.717, 1.165) is 22.3 Å². The molecule has 2 aromatic rings. The lowest BCUT2D eigenvalue weighted by atomic mass is 9.69. The molecule has 136 valence electrons. The average Bonchev–Trinajstić information content (AvgIpc) is 3.03. The molecule has 0 aromatic heterocycles. The van der Waals surface area contributed by atoms with Gasteiger partial charge in [0.05, 0.1) is 11.1 Å². The summed E-state index contributed by atoms with van der Waals surface area (Å²) in [5.41, 5.74) is 2.00. The molecule has 0 saturated carbocycles. The number of hydrogen-bond donors (Lipinski definition) is 2. The van der Waals surface area contributed by atoms with Crippen molar-refractivity contribution in [3.63, 3.8) is 0 Å². The van der Waals surface area contributed by atoms with Crippen LogP contribution in [0.1, 0.15) is 31.4 Å². The molecule has 27 heavy (non-hydrogen) atoms. The molecule has 0 heterocycles. The van der Waals surface area contributed by atoms with Gasteiger partial charge >= 0.3 is 11.9 Å². The number of benzene rings is 2. The van der Waals surface area contributed by atoms with Gasteiger partial charge in [0.15, 0.2) is 0 Å². The lowest BCUT2D eigenvalue weighted by molar-refractivity contribution is -0.136. The molecule has 0 spiro atoms. The Morgan fingerprint density at radius 2 is 1.04 bits per heavy atom. The number of aliphatic carboxylic acids is 2. The highest BCUT2D eigenvalue weighted by molar-refractivity contribution is 6.15. The standard InChI is InChI=1S/C23H20O4/c1-22-13-23(2,19(21(26)27)18(22)20(24)25)17(15-11-7-4-8-12-15)16(22)14-9-5-3-6-10-14/h3-12H,13H2,1-2H3,(H,24,25)(H,26,27). The van der Waals surface area contributed by atoms with Crippen molar-refractivity contribution in [2.24, 2.45) is 10.8 Å². The maximum atomic E-state index is 12.1. The third-order valence-corrected chi connectivity index (χ3v) is 5.97. The van der Waals surface area contributed by atoms with Gasteiger partial charge in [0, 0.05) is 10.8 Å². The summed E-state index contributed by atoms with van der Waals surface area (Å²) in [5, 5.41) is 19.8. The monoisotopic (exact) mass is 360 g/mol. The van der Waals surface area contributed by atoms with Crippen LogP contribution in [0.2, 0.25) is 0 Å². The molecule has 2 aliphatic rings. The molecule has 0 radical (unpaired) electrons. The van der Waals surface area contributed by atoms with E-state index < -0.39 is 22.8 Å². The molecule has 2 atom stereocenters. The first-order valence-electron chi connectivity index (χ1n) is 8.88. The molecule has 4 heteroatoms. The molecule has 2 unspecified atom stereocenters. The summed E-state index contributed by atoms with van der Waals surface area (Å²) in [4.78, 5) is 24.3. The Morgan fingerprint density at radius 1 is 0.704 bits per heavy atom. The van der Waals surface area contributed by atoms with Crippen molar-refractivity contribution in [1.29, 1.82) is 0 Å². The van der Waals surface area contributed by atoms with Gasteiger partial charge in [-0.1, -0.05) is 74.5 Å². The second kappa shape index (κ2) is 5.68. The molecule has 2 bridgehead atoms. The highest BCUT2D eigenvalue weighted by Gasteiger charge is 2.63. The summed E-state index contributed by atoms with van der Waals surface area (Å²) < 4.78 is 0. The van der Waals surface area contributed by atoms with Crippen molar-refractivity contribution in [3.05, 3.63) is 82.9 Å². The van der Waals surface area contributed by atoms with E-state index in [1.807, 2.05) is 74.5 Å². The molecular formula is C23H20O4. The zero-order valence-electron chi connectivity index (χ0n) is 15.2. The Kier molecular flexibility index (Phi) is 3.63. The van der Waals surface area contributed by atoms with E-state index in [-0.39, 0.29) is 11.1 Å². The molecular weight excluding hydrogens is 340 g/mol. The van der Waals surface area contributed by atoms with Gasteiger partial charge in [-0.05, 0) is 28.7 Å². The van der Waals surface area contributed by atoms with Gasteiger partial charge < -0.3 is 10.2 Å². The molecule has 0 aliphatic heterocycles. The average molecular weight is 360 g/mol. The van der Waals surface area contributed by atoms with E-state index in [1.54, 1.807) is 0 Å². The predicted octanol–water partition coefficient (Wildman–Crippen LogP) is 4.49. The predicted molar refractivity (Wildman–Crippen MR) is 103 cm³/mol. The summed E-state index contributed by atoms with van der Waals surface area (Å²) in [5.74, 6) is -2.31.